The Labute approximate surface area is 498 Å². The van der Waals surface area contributed by atoms with Gasteiger partial charge in [-0.15, -0.1) is 0 Å². The summed E-state index contributed by atoms with van der Waals surface area (Å²) in [6.07, 6.45) is 25.5. The molecular weight excluding hydrogens is 1070 g/mol. The van der Waals surface area contributed by atoms with Crippen LogP contribution in [-0.4, -0.2) is 193 Å². The third-order valence-electron chi connectivity index (χ3n) is 16.4. The minimum Gasteiger partial charge on any atom is -0.394 e. The van der Waals surface area contributed by atoms with Crippen LogP contribution in [0.15, 0.2) is 36.5 Å². The average molecular weight is 1190 g/mol. The maximum atomic E-state index is 13.3. The monoisotopic (exact) mass is 1190 g/mol. The van der Waals surface area contributed by atoms with Crippen molar-refractivity contribution in [2.45, 2.75) is 336 Å². The van der Waals surface area contributed by atoms with E-state index in [-0.39, 0.29) is 18.9 Å². The van der Waals surface area contributed by atoms with E-state index >= 15 is 0 Å². The van der Waals surface area contributed by atoms with Crippen LogP contribution in [0.2, 0.25) is 0 Å². The zero-order valence-corrected chi connectivity index (χ0v) is 50.9. The molecule has 0 saturated carbocycles. The van der Waals surface area contributed by atoms with Gasteiger partial charge in [-0.05, 0) is 44.9 Å². The van der Waals surface area contributed by atoms with Gasteiger partial charge in [-0.1, -0.05) is 217 Å². The fraction of sp³-hybridized carbons (Fsp3) is 0.891. The van der Waals surface area contributed by atoms with E-state index in [0.29, 0.717) is 12.8 Å². The molecule has 0 aliphatic carbocycles. The summed E-state index contributed by atoms with van der Waals surface area (Å²) < 4.78 is 34.3. The molecule has 17 unspecified atom stereocenters. The lowest BCUT2D eigenvalue weighted by Crippen LogP contribution is -2.66. The lowest BCUT2D eigenvalue weighted by atomic mass is 9.96. The van der Waals surface area contributed by atoms with Gasteiger partial charge in [0, 0.05) is 6.42 Å². The number of hydrogen-bond acceptors (Lipinski definition) is 18. The quantitative estimate of drug-likeness (QED) is 0.0211. The van der Waals surface area contributed by atoms with Crippen molar-refractivity contribution in [1.82, 2.24) is 5.32 Å². The topological polar surface area (TPSA) is 307 Å². The predicted octanol–water partition coefficient (Wildman–Crippen LogP) is 7.27. The van der Waals surface area contributed by atoms with Crippen LogP contribution in [0.5, 0.6) is 0 Å². The molecule has 0 aromatic rings. The second-order valence-electron chi connectivity index (χ2n) is 23.6. The fourth-order valence-electron chi connectivity index (χ4n) is 11.0. The Bertz CT molecular complexity index is 1660. The molecule has 3 rings (SSSR count). The van der Waals surface area contributed by atoms with Crippen molar-refractivity contribution in [3.05, 3.63) is 36.5 Å². The fourth-order valence-corrected chi connectivity index (χ4v) is 11.0. The van der Waals surface area contributed by atoms with Gasteiger partial charge in [-0.25, -0.2) is 0 Å². The van der Waals surface area contributed by atoms with Gasteiger partial charge in [0.15, 0.2) is 18.9 Å². The summed E-state index contributed by atoms with van der Waals surface area (Å²) in [5, 5.41) is 120. The Kier molecular flexibility index (Phi) is 42.7. The summed E-state index contributed by atoms with van der Waals surface area (Å²) in [4.78, 5) is 13.3. The first kappa shape index (κ1) is 75.3. The van der Waals surface area contributed by atoms with Gasteiger partial charge in [0.25, 0.3) is 0 Å². The number of rotatable bonds is 49. The molecule has 3 aliphatic rings. The van der Waals surface area contributed by atoms with Crippen molar-refractivity contribution in [2.24, 2.45) is 0 Å². The molecule has 0 radical (unpaired) electrons. The summed E-state index contributed by atoms with van der Waals surface area (Å²) in [7, 11) is 0. The molecule has 19 nitrogen and oxygen atoms in total. The molecule has 486 valence electrons. The molecule has 83 heavy (non-hydrogen) atoms. The molecule has 0 bridgehead atoms. The van der Waals surface area contributed by atoms with E-state index in [4.69, 9.17) is 28.4 Å². The van der Waals surface area contributed by atoms with Crippen LogP contribution >= 0.6 is 0 Å². The van der Waals surface area contributed by atoms with E-state index in [2.05, 4.69) is 43.5 Å². The van der Waals surface area contributed by atoms with E-state index in [1.807, 2.05) is 6.08 Å². The molecule has 0 aromatic carbocycles. The first-order valence-corrected chi connectivity index (χ1v) is 32.7. The van der Waals surface area contributed by atoms with Crippen LogP contribution in [0.1, 0.15) is 232 Å². The standard InChI is InChI=1S/C64H117NO18/c1-3-5-7-9-11-13-15-17-19-20-21-22-23-24-25-26-28-29-31-33-35-37-39-41-48(69)47(65-52(70)42-40-38-36-34-32-30-27-18-16-14-12-10-8-6-4-2)46-78-62-58(76)55(73)60(50(44-67)80-62)83-64-59(77)56(74)61(51(45-68)81-64)82-63-57(75)54(72)53(71)49(43-66)79-63/h25-26,31,33,39,41,47-51,53-64,66-69,71-77H,3-24,27-30,32,34-38,40,42-46H2,1-2H3,(H,65,70)/b26-25+,33-31+,41-39+. The third-order valence-corrected chi connectivity index (χ3v) is 16.4. The molecule has 19 heteroatoms. The summed E-state index contributed by atoms with van der Waals surface area (Å²) in [6.45, 7) is 1.71. The van der Waals surface area contributed by atoms with E-state index in [9.17, 15) is 61.0 Å². The number of unbranched alkanes of at least 4 members (excludes halogenated alkanes) is 29. The first-order chi connectivity index (χ1) is 40.3. The largest absolute Gasteiger partial charge is 0.394 e. The molecule has 17 atom stereocenters. The van der Waals surface area contributed by atoms with E-state index < -0.39 is 124 Å². The number of aliphatic hydroxyl groups is 11. The summed E-state index contributed by atoms with van der Waals surface area (Å²) in [6, 6.07) is -0.993. The molecular formula is C64H117NO18. The maximum Gasteiger partial charge on any atom is 0.220 e. The van der Waals surface area contributed by atoms with Crippen molar-refractivity contribution < 1.29 is 89.4 Å². The Hall–Kier alpha value is -1.99. The lowest BCUT2D eigenvalue weighted by molar-refractivity contribution is -0.379. The van der Waals surface area contributed by atoms with Gasteiger partial charge >= 0.3 is 0 Å². The maximum absolute atomic E-state index is 13.3. The minimum atomic E-state index is -1.98. The van der Waals surface area contributed by atoms with Crippen molar-refractivity contribution in [1.29, 1.82) is 0 Å². The highest BCUT2D eigenvalue weighted by Gasteiger charge is 2.53. The van der Waals surface area contributed by atoms with Gasteiger partial charge in [0.1, 0.15) is 73.2 Å². The molecule has 0 spiro atoms. The molecule has 1 amide bonds. The number of hydrogen-bond donors (Lipinski definition) is 12. The normalized spacial score (nSPS) is 29.6. The van der Waals surface area contributed by atoms with Gasteiger partial charge < -0.3 is 89.9 Å². The average Bonchev–Trinajstić information content (AvgIpc) is 3.37. The second-order valence-corrected chi connectivity index (χ2v) is 23.6. The zero-order chi connectivity index (χ0) is 60.5. The van der Waals surface area contributed by atoms with Gasteiger partial charge in [-0.3, -0.25) is 4.79 Å². The smallest absolute Gasteiger partial charge is 0.220 e. The molecule has 3 aliphatic heterocycles. The number of amides is 1. The van der Waals surface area contributed by atoms with Crippen molar-refractivity contribution >= 4 is 5.91 Å². The van der Waals surface area contributed by atoms with Crippen LogP contribution in [-0.2, 0) is 33.2 Å². The highest BCUT2D eigenvalue weighted by Crippen LogP contribution is 2.33. The van der Waals surface area contributed by atoms with Crippen molar-refractivity contribution in [3.63, 3.8) is 0 Å². The summed E-state index contributed by atoms with van der Waals surface area (Å²) in [5.41, 5.74) is 0. The van der Waals surface area contributed by atoms with E-state index in [1.54, 1.807) is 6.08 Å². The van der Waals surface area contributed by atoms with Crippen molar-refractivity contribution in [2.75, 3.05) is 26.4 Å². The molecule has 3 fully saturated rings. The van der Waals surface area contributed by atoms with Crippen LogP contribution < -0.4 is 5.32 Å². The summed E-state index contributed by atoms with van der Waals surface area (Å²) in [5.74, 6) is -0.288. The van der Waals surface area contributed by atoms with E-state index in [0.717, 1.165) is 44.9 Å². The van der Waals surface area contributed by atoms with Crippen LogP contribution in [0.25, 0.3) is 0 Å². The summed E-state index contributed by atoms with van der Waals surface area (Å²) >= 11 is 0. The van der Waals surface area contributed by atoms with Crippen molar-refractivity contribution in [3.8, 4) is 0 Å². The van der Waals surface area contributed by atoms with Crippen LogP contribution in [0, 0.1) is 0 Å². The van der Waals surface area contributed by atoms with E-state index in [1.165, 1.54) is 154 Å². The number of aliphatic hydroxyl groups excluding tert-OH is 11. The number of allylic oxidation sites excluding steroid dienone is 5. The van der Waals surface area contributed by atoms with Crippen LogP contribution in [0.4, 0.5) is 0 Å². The molecule has 3 saturated heterocycles. The Morgan fingerprint density at radius 1 is 0.422 bits per heavy atom. The Morgan fingerprint density at radius 3 is 1.20 bits per heavy atom. The van der Waals surface area contributed by atoms with Gasteiger partial charge in [-0.2, -0.15) is 0 Å². The number of carbonyl (C=O) groups excluding carboxylic acids is 1. The minimum absolute atomic E-state index is 0.235. The first-order valence-electron chi connectivity index (χ1n) is 32.7. The van der Waals surface area contributed by atoms with Gasteiger partial charge in [0.2, 0.25) is 5.91 Å². The van der Waals surface area contributed by atoms with Gasteiger partial charge in [0.05, 0.1) is 38.6 Å². The molecule has 3 heterocycles. The second kappa shape index (κ2) is 47.1. The number of ether oxygens (including phenoxy) is 6. The molecule has 0 aromatic heterocycles. The highest BCUT2D eigenvalue weighted by atomic mass is 16.8. The third kappa shape index (κ3) is 30.2. The Morgan fingerprint density at radius 2 is 0.771 bits per heavy atom. The highest BCUT2D eigenvalue weighted by molar-refractivity contribution is 5.76. The molecule has 12 N–H and O–H groups in total. The Balaban J connectivity index is 1.49. The zero-order valence-electron chi connectivity index (χ0n) is 50.9. The number of nitrogens with one attached hydrogen (secondary N) is 1. The SMILES string of the molecule is CCCCCCCCCCCCCCC/C=C/CC/C=C/CC/C=C/C(O)C(COC1OC(CO)C(OC2OC(CO)C(OC3OC(CO)C(O)C(O)C3O)C(O)C2O)C(O)C1O)NC(=O)CCCCCCCCCCCCCCCCC. The number of carbonyl (C=O) groups is 1. The lowest BCUT2D eigenvalue weighted by Gasteiger charge is -2.48. The predicted molar refractivity (Wildman–Crippen MR) is 319 cm³/mol. The van der Waals surface area contributed by atoms with Crippen LogP contribution in [0.3, 0.4) is 0 Å².